The monoisotopic (exact) mass is 409 g/mol. The number of carbonyl (C=O) groups is 1. The van der Waals surface area contributed by atoms with Crippen LogP contribution in [0, 0.1) is 13.8 Å². The van der Waals surface area contributed by atoms with Crippen LogP contribution >= 0.6 is 11.8 Å². The van der Waals surface area contributed by atoms with Gasteiger partial charge in [-0.2, -0.15) is 4.68 Å². The average Bonchev–Trinajstić information content (AvgIpc) is 3.17. The van der Waals surface area contributed by atoms with Crippen molar-refractivity contribution in [2.24, 2.45) is 0 Å². The normalized spacial score (nSPS) is 13.1. The van der Waals surface area contributed by atoms with Crippen molar-refractivity contribution in [2.45, 2.75) is 57.4 Å². The van der Waals surface area contributed by atoms with E-state index in [-0.39, 0.29) is 11.2 Å². The number of thioether (sulfide) groups is 1. The number of rotatable bonds is 7. The van der Waals surface area contributed by atoms with Gasteiger partial charge in [-0.05, 0) is 78.4 Å². The lowest BCUT2D eigenvalue weighted by molar-refractivity contribution is -0.115. The van der Waals surface area contributed by atoms with E-state index in [9.17, 15) is 4.79 Å². The highest BCUT2D eigenvalue weighted by molar-refractivity contribution is 8.00. The van der Waals surface area contributed by atoms with E-state index < -0.39 is 0 Å². The summed E-state index contributed by atoms with van der Waals surface area (Å²) in [5.74, 6) is 0.312. The van der Waals surface area contributed by atoms with Crippen LogP contribution < -0.4 is 5.32 Å². The van der Waals surface area contributed by atoms with E-state index in [1.165, 1.54) is 22.9 Å². The Morgan fingerprint density at radius 1 is 1.14 bits per heavy atom. The summed E-state index contributed by atoms with van der Waals surface area (Å²) in [6.45, 7) is 10.3. The van der Waals surface area contributed by atoms with Gasteiger partial charge in [0, 0.05) is 5.69 Å². The maximum Gasteiger partial charge on any atom is 0.237 e. The molecule has 1 aromatic heterocycles. The predicted molar refractivity (Wildman–Crippen MR) is 118 cm³/mol. The van der Waals surface area contributed by atoms with Crippen LogP contribution in [0.1, 0.15) is 49.8 Å². The molecule has 1 heterocycles. The minimum atomic E-state index is -0.351. The molecular formula is C22H27N5OS. The summed E-state index contributed by atoms with van der Waals surface area (Å²) in [6, 6.07) is 14.0. The van der Waals surface area contributed by atoms with Gasteiger partial charge in [0.25, 0.3) is 0 Å². The SMILES string of the molecule is CC[C@@H](C)c1ccccc1NC(=O)[C@@H](C)Sc1nnnn1-c1ccc(C)c(C)c1. The standard InChI is InChI=1S/C22H27N5OS/c1-6-14(2)19-9-7-8-10-20(19)23-21(28)17(5)29-22-24-25-26-27(22)18-12-11-15(3)16(4)13-18/h7-14,17H,6H2,1-5H3,(H,23,28)/t14-,17-/m1/s1. The molecule has 0 radical (unpaired) electrons. The highest BCUT2D eigenvalue weighted by atomic mass is 32.2. The lowest BCUT2D eigenvalue weighted by atomic mass is 9.97. The summed E-state index contributed by atoms with van der Waals surface area (Å²) in [7, 11) is 0. The molecule has 7 heteroatoms. The zero-order valence-corrected chi connectivity index (χ0v) is 18.3. The summed E-state index contributed by atoms with van der Waals surface area (Å²) >= 11 is 1.34. The lowest BCUT2D eigenvalue weighted by Gasteiger charge is -2.17. The molecule has 29 heavy (non-hydrogen) atoms. The molecule has 3 rings (SSSR count). The summed E-state index contributed by atoms with van der Waals surface area (Å²) in [5, 5.41) is 15.3. The molecule has 6 nitrogen and oxygen atoms in total. The third-order valence-electron chi connectivity index (χ3n) is 5.19. The van der Waals surface area contributed by atoms with Crippen molar-refractivity contribution < 1.29 is 4.79 Å². The first-order valence-corrected chi connectivity index (χ1v) is 10.7. The molecule has 0 aliphatic heterocycles. The topological polar surface area (TPSA) is 72.7 Å². The first-order valence-electron chi connectivity index (χ1n) is 9.83. The quantitative estimate of drug-likeness (QED) is 0.561. The van der Waals surface area contributed by atoms with Crippen molar-refractivity contribution in [1.82, 2.24) is 20.2 Å². The Bertz CT molecular complexity index is 1000. The molecule has 2 aromatic carbocycles. The molecule has 0 fully saturated rings. The molecule has 3 aromatic rings. The molecule has 0 saturated carbocycles. The number of para-hydroxylation sites is 1. The summed E-state index contributed by atoms with van der Waals surface area (Å²) in [4.78, 5) is 12.8. The van der Waals surface area contributed by atoms with Gasteiger partial charge in [0.1, 0.15) is 0 Å². The number of nitrogens with zero attached hydrogens (tertiary/aromatic N) is 4. The van der Waals surface area contributed by atoms with Crippen molar-refractivity contribution in [2.75, 3.05) is 5.32 Å². The molecule has 0 saturated heterocycles. The summed E-state index contributed by atoms with van der Waals surface area (Å²) in [6.07, 6.45) is 1.02. The molecule has 0 spiro atoms. The Morgan fingerprint density at radius 2 is 1.90 bits per heavy atom. The molecule has 0 bridgehead atoms. The first-order chi connectivity index (χ1) is 13.9. The number of aromatic nitrogens is 4. The van der Waals surface area contributed by atoms with Crippen LogP contribution in [0.15, 0.2) is 47.6 Å². The summed E-state index contributed by atoms with van der Waals surface area (Å²) < 4.78 is 1.67. The Morgan fingerprint density at radius 3 is 2.62 bits per heavy atom. The van der Waals surface area contributed by atoms with E-state index in [4.69, 9.17) is 0 Å². The smallest absolute Gasteiger partial charge is 0.237 e. The maximum atomic E-state index is 12.8. The third kappa shape index (κ3) is 4.85. The zero-order chi connectivity index (χ0) is 21.0. The second kappa shape index (κ2) is 9.22. The Labute approximate surface area is 176 Å². The van der Waals surface area contributed by atoms with E-state index >= 15 is 0 Å². The van der Waals surface area contributed by atoms with Crippen molar-refractivity contribution in [3.8, 4) is 5.69 Å². The molecule has 1 N–H and O–H groups in total. The van der Waals surface area contributed by atoms with Crippen LogP contribution in [-0.2, 0) is 4.79 Å². The molecule has 0 aliphatic rings. The van der Waals surface area contributed by atoms with E-state index in [0.29, 0.717) is 11.1 Å². The second-order valence-corrected chi connectivity index (χ2v) is 8.60. The number of hydrogen-bond acceptors (Lipinski definition) is 5. The van der Waals surface area contributed by atoms with Gasteiger partial charge in [-0.25, -0.2) is 0 Å². The van der Waals surface area contributed by atoms with Crippen molar-refractivity contribution in [3.05, 3.63) is 59.2 Å². The fraction of sp³-hybridized carbons (Fsp3) is 0.364. The number of aryl methyl sites for hydroxylation is 2. The van der Waals surface area contributed by atoms with Crippen LogP contribution in [0.5, 0.6) is 0 Å². The molecule has 2 atom stereocenters. The van der Waals surface area contributed by atoms with Crippen molar-refractivity contribution in [1.29, 1.82) is 0 Å². The van der Waals surface area contributed by atoms with Crippen LogP contribution in [0.3, 0.4) is 0 Å². The van der Waals surface area contributed by atoms with E-state index in [1.807, 2.05) is 43.3 Å². The van der Waals surface area contributed by atoms with Gasteiger partial charge in [-0.3, -0.25) is 4.79 Å². The highest BCUT2D eigenvalue weighted by Crippen LogP contribution is 2.28. The Hall–Kier alpha value is -2.67. The van der Waals surface area contributed by atoms with Gasteiger partial charge in [0.15, 0.2) is 0 Å². The van der Waals surface area contributed by atoms with Crippen LogP contribution in [0.25, 0.3) is 5.69 Å². The van der Waals surface area contributed by atoms with Gasteiger partial charge in [0.05, 0.1) is 10.9 Å². The van der Waals surface area contributed by atoms with Gasteiger partial charge in [-0.1, -0.05) is 49.9 Å². The van der Waals surface area contributed by atoms with Gasteiger partial charge >= 0.3 is 0 Å². The fourth-order valence-electron chi connectivity index (χ4n) is 2.98. The lowest BCUT2D eigenvalue weighted by Crippen LogP contribution is -2.23. The van der Waals surface area contributed by atoms with E-state index in [2.05, 4.69) is 54.6 Å². The number of tetrazole rings is 1. The van der Waals surface area contributed by atoms with Gasteiger partial charge < -0.3 is 5.32 Å². The molecular weight excluding hydrogens is 382 g/mol. The number of carbonyl (C=O) groups excluding carboxylic acids is 1. The molecule has 152 valence electrons. The van der Waals surface area contributed by atoms with Gasteiger partial charge in [-0.15, -0.1) is 5.10 Å². The second-order valence-electron chi connectivity index (χ2n) is 7.29. The number of nitrogens with one attached hydrogen (secondary N) is 1. The minimum Gasteiger partial charge on any atom is -0.325 e. The molecule has 1 amide bonds. The van der Waals surface area contributed by atoms with Crippen LogP contribution in [0.4, 0.5) is 5.69 Å². The highest BCUT2D eigenvalue weighted by Gasteiger charge is 2.21. The van der Waals surface area contributed by atoms with E-state index in [0.717, 1.165) is 23.4 Å². The summed E-state index contributed by atoms with van der Waals surface area (Å²) in [5.41, 5.74) is 5.29. The number of amides is 1. The number of hydrogen-bond donors (Lipinski definition) is 1. The number of anilines is 1. The Balaban J connectivity index is 1.75. The Kier molecular flexibility index (Phi) is 6.69. The largest absolute Gasteiger partial charge is 0.325 e. The van der Waals surface area contributed by atoms with E-state index in [1.54, 1.807) is 4.68 Å². The third-order valence-corrected chi connectivity index (χ3v) is 6.22. The number of benzene rings is 2. The fourth-order valence-corrected chi connectivity index (χ4v) is 3.79. The molecule has 0 aliphatic carbocycles. The van der Waals surface area contributed by atoms with Crippen molar-refractivity contribution >= 4 is 23.4 Å². The molecule has 0 unspecified atom stereocenters. The predicted octanol–water partition coefficient (Wildman–Crippen LogP) is 4.91. The average molecular weight is 410 g/mol. The first kappa shape index (κ1) is 21.0. The van der Waals surface area contributed by atoms with Crippen LogP contribution in [-0.4, -0.2) is 31.4 Å². The minimum absolute atomic E-state index is 0.0691. The van der Waals surface area contributed by atoms with Crippen LogP contribution in [0.2, 0.25) is 0 Å². The zero-order valence-electron chi connectivity index (χ0n) is 17.5. The van der Waals surface area contributed by atoms with Crippen molar-refractivity contribution in [3.63, 3.8) is 0 Å². The maximum absolute atomic E-state index is 12.8. The van der Waals surface area contributed by atoms with Gasteiger partial charge in [0.2, 0.25) is 11.1 Å².